The molecule has 0 aromatic carbocycles. The number of nitrogens with zero attached hydrogens (tertiary/aromatic N) is 1. The van der Waals surface area contributed by atoms with Crippen molar-refractivity contribution in [3.63, 3.8) is 0 Å². The summed E-state index contributed by atoms with van der Waals surface area (Å²) in [6.07, 6.45) is 8.10. The first kappa shape index (κ1) is 23.3. The van der Waals surface area contributed by atoms with Crippen LogP contribution < -0.4 is 0 Å². The summed E-state index contributed by atoms with van der Waals surface area (Å²) < 4.78 is 6.78. The molecule has 0 spiro atoms. The van der Waals surface area contributed by atoms with Crippen molar-refractivity contribution in [3.05, 3.63) is 29.6 Å². The average molecular weight is 445 g/mol. The number of H-pyrrole nitrogens is 1. The minimum absolute atomic E-state index is 0.0178. The van der Waals surface area contributed by atoms with Gasteiger partial charge in [0, 0.05) is 12.3 Å². The predicted molar refractivity (Wildman–Crippen MR) is 129 cm³/mol. The number of rotatable bonds is 4. The zero-order valence-corrected chi connectivity index (χ0v) is 21.8. The molecule has 2 fully saturated rings. The van der Waals surface area contributed by atoms with Crippen LogP contribution in [0.25, 0.3) is 0 Å². The smallest absolute Gasteiger partial charge is 0.191 e. The Morgan fingerprint density at radius 2 is 1.97 bits per heavy atom. The molecule has 0 bridgehead atoms. The van der Waals surface area contributed by atoms with Crippen LogP contribution in [0.4, 0.5) is 0 Å². The number of hydrogen-bond donors (Lipinski definition) is 2. The maximum absolute atomic E-state index is 11.7. The van der Waals surface area contributed by atoms with Gasteiger partial charge < -0.3 is 9.53 Å². The molecule has 4 rings (SSSR count). The van der Waals surface area contributed by atoms with Crippen LogP contribution in [0.3, 0.4) is 0 Å². The van der Waals surface area contributed by atoms with E-state index in [0.29, 0.717) is 17.8 Å². The SMILES string of the molecule is C=C1CC[C@H]2[C@H](O)[C@@H]([C@@]3(C)Cc4cn[nH]c4C[C@@H]3CO[Si](C)(C)C(C)(C)C)CC[C@]12C. The Kier molecular flexibility index (Phi) is 5.67. The van der Waals surface area contributed by atoms with E-state index in [1.165, 1.54) is 16.8 Å². The summed E-state index contributed by atoms with van der Waals surface area (Å²) in [6, 6.07) is 0. The van der Waals surface area contributed by atoms with Gasteiger partial charge in [0.2, 0.25) is 0 Å². The van der Waals surface area contributed by atoms with Crippen molar-refractivity contribution in [1.29, 1.82) is 0 Å². The van der Waals surface area contributed by atoms with Crippen LogP contribution in [-0.4, -0.2) is 36.3 Å². The van der Waals surface area contributed by atoms with Gasteiger partial charge in [-0.25, -0.2) is 0 Å². The maximum atomic E-state index is 11.7. The second-order valence-electron chi connectivity index (χ2n) is 12.8. The standard InChI is InChI=1S/C26H44N2O2Si/c1-17-9-10-20-23(29)21(11-12-25(17,20)5)26(6)14-18-15-27-28-22(18)13-19(26)16-30-31(7,8)24(2,3)4/h15,19-21,23,29H,1,9-14,16H2,2-8H3,(H,27,28)/t19-,20+,21+,23+,25-,26+/m1/s1. The van der Waals surface area contributed by atoms with E-state index in [-0.39, 0.29) is 22.0 Å². The van der Waals surface area contributed by atoms with Crippen LogP contribution in [0, 0.1) is 28.6 Å². The van der Waals surface area contributed by atoms with Crippen LogP contribution in [0.1, 0.15) is 71.6 Å². The zero-order valence-electron chi connectivity index (χ0n) is 20.8. The molecular formula is C26H44N2O2Si. The Morgan fingerprint density at radius 1 is 1.26 bits per heavy atom. The fraction of sp³-hybridized carbons (Fsp3) is 0.808. The monoisotopic (exact) mass is 444 g/mol. The third-order valence-corrected chi connectivity index (χ3v) is 14.7. The third-order valence-electron chi connectivity index (χ3n) is 10.2. The summed E-state index contributed by atoms with van der Waals surface area (Å²) in [7, 11) is -1.84. The molecule has 2 N–H and O–H groups in total. The summed E-state index contributed by atoms with van der Waals surface area (Å²) in [5, 5.41) is 19.5. The molecular weight excluding hydrogens is 400 g/mol. The molecule has 1 aromatic rings. The highest BCUT2D eigenvalue weighted by Crippen LogP contribution is 2.60. The number of allylic oxidation sites excluding steroid dienone is 1. The lowest BCUT2D eigenvalue weighted by Gasteiger charge is -2.54. The van der Waals surface area contributed by atoms with E-state index < -0.39 is 8.32 Å². The Labute approximate surface area is 190 Å². The number of hydrogen-bond acceptors (Lipinski definition) is 3. The minimum atomic E-state index is -1.84. The van der Waals surface area contributed by atoms with E-state index in [9.17, 15) is 5.11 Å². The minimum Gasteiger partial charge on any atom is -0.417 e. The first-order valence-electron chi connectivity index (χ1n) is 12.3. The predicted octanol–water partition coefficient (Wildman–Crippen LogP) is 5.90. The highest BCUT2D eigenvalue weighted by molar-refractivity contribution is 6.74. The van der Waals surface area contributed by atoms with Gasteiger partial charge >= 0.3 is 0 Å². The second kappa shape index (κ2) is 7.56. The van der Waals surface area contributed by atoms with Crippen molar-refractivity contribution < 1.29 is 9.53 Å². The van der Waals surface area contributed by atoms with Gasteiger partial charge in [0.1, 0.15) is 0 Å². The van der Waals surface area contributed by atoms with Gasteiger partial charge in [-0.05, 0) is 90.8 Å². The quantitative estimate of drug-likeness (QED) is 0.449. The van der Waals surface area contributed by atoms with Gasteiger partial charge in [0.25, 0.3) is 0 Å². The van der Waals surface area contributed by atoms with E-state index in [0.717, 1.165) is 45.1 Å². The van der Waals surface area contributed by atoms with Crippen molar-refractivity contribution in [2.24, 2.45) is 28.6 Å². The fourth-order valence-corrected chi connectivity index (χ4v) is 7.69. The molecule has 31 heavy (non-hydrogen) atoms. The largest absolute Gasteiger partial charge is 0.417 e. The Morgan fingerprint density at radius 3 is 2.65 bits per heavy atom. The molecule has 6 atom stereocenters. The van der Waals surface area contributed by atoms with E-state index in [4.69, 9.17) is 4.43 Å². The Bertz CT molecular complexity index is 841. The Hall–Kier alpha value is -0.913. The summed E-state index contributed by atoms with van der Waals surface area (Å²) in [4.78, 5) is 0. The normalized spacial score (nSPS) is 38.8. The first-order valence-corrected chi connectivity index (χ1v) is 15.2. The molecule has 0 unspecified atom stereocenters. The van der Waals surface area contributed by atoms with Crippen molar-refractivity contribution in [1.82, 2.24) is 10.2 Å². The molecule has 0 aliphatic heterocycles. The van der Waals surface area contributed by atoms with Crippen molar-refractivity contribution in [3.8, 4) is 0 Å². The first-order chi connectivity index (χ1) is 14.3. The van der Waals surface area contributed by atoms with Crippen LogP contribution in [0.5, 0.6) is 0 Å². The van der Waals surface area contributed by atoms with Gasteiger partial charge in [-0.2, -0.15) is 5.10 Å². The second-order valence-corrected chi connectivity index (χ2v) is 17.6. The molecule has 0 amide bonds. The number of aliphatic hydroxyl groups is 1. The molecule has 5 heteroatoms. The van der Waals surface area contributed by atoms with Crippen molar-refractivity contribution in [2.45, 2.75) is 97.4 Å². The van der Waals surface area contributed by atoms with E-state index in [2.05, 4.69) is 64.5 Å². The fourth-order valence-electron chi connectivity index (χ4n) is 6.64. The lowest BCUT2D eigenvalue weighted by atomic mass is 9.52. The summed E-state index contributed by atoms with van der Waals surface area (Å²) in [5.41, 5.74) is 4.10. The topological polar surface area (TPSA) is 58.1 Å². The van der Waals surface area contributed by atoms with Crippen molar-refractivity contribution >= 4 is 8.32 Å². The summed E-state index contributed by atoms with van der Waals surface area (Å²) >= 11 is 0. The van der Waals surface area contributed by atoms with Crippen LogP contribution in [0.2, 0.25) is 18.1 Å². The molecule has 1 aromatic heterocycles. The number of nitrogens with one attached hydrogen (secondary N) is 1. The van der Waals surface area contributed by atoms with Gasteiger partial charge in [0.15, 0.2) is 8.32 Å². The molecule has 1 heterocycles. The third kappa shape index (κ3) is 3.69. The molecule has 2 saturated carbocycles. The molecule has 174 valence electrons. The van der Waals surface area contributed by atoms with E-state index in [1.54, 1.807) is 0 Å². The lowest BCUT2D eigenvalue weighted by molar-refractivity contribution is -0.103. The van der Waals surface area contributed by atoms with Crippen molar-refractivity contribution in [2.75, 3.05) is 6.61 Å². The van der Waals surface area contributed by atoms with Gasteiger partial charge in [-0.3, -0.25) is 5.10 Å². The molecule has 3 aliphatic carbocycles. The maximum Gasteiger partial charge on any atom is 0.191 e. The van der Waals surface area contributed by atoms with E-state index >= 15 is 0 Å². The number of aromatic amines is 1. The highest BCUT2D eigenvalue weighted by Gasteiger charge is 2.57. The molecule has 0 radical (unpaired) electrons. The highest BCUT2D eigenvalue weighted by atomic mass is 28.4. The van der Waals surface area contributed by atoms with E-state index in [1.807, 2.05) is 6.20 Å². The van der Waals surface area contributed by atoms with Crippen LogP contribution >= 0.6 is 0 Å². The van der Waals surface area contributed by atoms with Gasteiger partial charge in [-0.15, -0.1) is 0 Å². The molecule has 4 nitrogen and oxygen atoms in total. The number of aliphatic hydroxyl groups excluding tert-OH is 1. The summed E-state index contributed by atoms with van der Waals surface area (Å²) in [6.45, 7) is 21.6. The van der Waals surface area contributed by atoms with Crippen LogP contribution in [-0.2, 0) is 17.3 Å². The summed E-state index contributed by atoms with van der Waals surface area (Å²) in [5.74, 6) is 1.04. The molecule has 0 saturated heterocycles. The Balaban J connectivity index is 1.62. The lowest BCUT2D eigenvalue weighted by Crippen LogP contribution is -2.54. The molecule has 3 aliphatic rings. The van der Waals surface area contributed by atoms with Gasteiger partial charge in [0.05, 0.1) is 12.3 Å². The number of fused-ring (bicyclic) bond motifs is 2. The van der Waals surface area contributed by atoms with Crippen LogP contribution in [0.15, 0.2) is 18.3 Å². The zero-order chi connectivity index (χ0) is 22.8. The number of aromatic nitrogens is 2. The van der Waals surface area contributed by atoms with Gasteiger partial charge in [-0.1, -0.05) is 46.8 Å². The average Bonchev–Trinajstić information content (AvgIpc) is 3.23.